The number of rotatable bonds is 6. The first-order valence-corrected chi connectivity index (χ1v) is 8.31. The van der Waals surface area contributed by atoms with Gasteiger partial charge < -0.3 is 13.9 Å². The average Bonchev–Trinajstić information content (AvgIpc) is 3.06. The van der Waals surface area contributed by atoms with E-state index in [1.54, 1.807) is 19.1 Å². The fraction of sp³-hybridized carbons (Fsp3) is 0.211. The van der Waals surface area contributed by atoms with Crippen molar-refractivity contribution in [1.82, 2.24) is 0 Å². The topological polar surface area (TPSA) is 48.7 Å². The lowest BCUT2D eigenvalue weighted by Gasteiger charge is -2.09. The van der Waals surface area contributed by atoms with Crippen molar-refractivity contribution in [2.75, 3.05) is 6.61 Å². The fourth-order valence-corrected chi connectivity index (χ4v) is 2.56. The van der Waals surface area contributed by atoms with Crippen LogP contribution in [-0.4, -0.2) is 20.4 Å². The maximum atomic E-state index is 12.7. The van der Waals surface area contributed by atoms with Crippen LogP contribution in [0.5, 0.6) is 11.5 Å². The third-order valence-electron chi connectivity index (χ3n) is 3.87. The van der Waals surface area contributed by atoms with Gasteiger partial charge in [0.05, 0.1) is 23.3 Å². The number of hydrogen-bond donors (Lipinski definition) is 0. The minimum absolute atomic E-state index is 0.0839. The van der Waals surface area contributed by atoms with Gasteiger partial charge in [0, 0.05) is 5.56 Å². The Balaban J connectivity index is 2.01. The van der Waals surface area contributed by atoms with E-state index < -0.39 is 12.4 Å². The standard InChI is InChI=1S/C19H17BF2O4/c1-2-24-19(23)12-7-16(15-9-14(10-20)26-17(15)8-12)25-13-5-3-11(4-6-13)18(21)22/h3-9,18H,2,10,20H2,1H3. The molecule has 0 spiro atoms. The molecule has 0 aliphatic carbocycles. The van der Waals surface area contributed by atoms with E-state index >= 15 is 0 Å². The smallest absolute Gasteiger partial charge is 0.338 e. The Morgan fingerprint density at radius 2 is 1.92 bits per heavy atom. The van der Waals surface area contributed by atoms with Gasteiger partial charge >= 0.3 is 5.97 Å². The summed E-state index contributed by atoms with van der Waals surface area (Å²) in [6.45, 7) is 1.97. The van der Waals surface area contributed by atoms with Gasteiger partial charge in [-0.2, -0.15) is 0 Å². The number of carbonyl (C=O) groups excluding carboxylic acids is 1. The van der Waals surface area contributed by atoms with Crippen LogP contribution in [-0.2, 0) is 11.1 Å². The number of ether oxygens (including phenoxy) is 2. The summed E-state index contributed by atoms with van der Waals surface area (Å²) in [6, 6.07) is 10.6. The van der Waals surface area contributed by atoms with Gasteiger partial charge in [0.25, 0.3) is 6.43 Å². The van der Waals surface area contributed by atoms with Crippen LogP contribution in [0.4, 0.5) is 8.78 Å². The lowest BCUT2D eigenvalue weighted by Crippen LogP contribution is -2.04. The minimum Gasteiger partial charge on any atom is -0.462 e. The van der Waals surface area contributed by atoms with Crippen LogP contribution in [0.1, 0.15) is 35.0 Å². The van der Waals surface area contributed by atoms with Gasteiger partial charge in [-0.15, -0.1) is 0 Å². The Hall–Kier alpha value is -2.83. The van der Waals surface area contributed by atoms with Crippen LogP contribution in [0.2, 0.25) is 0 Å². The number of esters is 1. The number of alkyl halides is 2. The predicted octanol–water partition coefficient (Wildman–Crippen LogP) is 4.47. The molecular formula is C19H17BF2O4. The van der Waals surface area contributed by atoms with Crippen molar-refractivity contribution in [1.29, 1.82) is 0 Å². The first-order chi connectivity index (χ1) is 12.5. The summed E-state index contributed by atoms with van der Waals surface area (Å²) in [5.74, 6) is 1.05. The molecule has 0 bridgehead atoms. The van der Waals surface area contributed by atoms with Crippen molar-refractivity contribution in [3.8, 4) is 11.5 Å². The zero-order valence-electron chi connectivity index (χ0n) is 14.4. The summed E-state index contributed by atoms with van der Waals surface area (Å²) in [6.07, 6.45) is -1.85. The molecule has 2 aromatic carbocycles. The highest BCUT2D eigenvalue weighted by Crippen LogP contribution is 2.34. The molecule has 1 heterocycles. The molecular weight excluding hydrogens is 341 g/mol. The van der Waals surface area contributed by atoms with Gasteiger partial charge in [-0.05, 0) is 55.7 Å². The van der Waals surface area contributed by atoms with Crippen LogP contribution in [0.15, 0.2) is 46.9 Å². The molecule has 0 saturated carbocycles. The van der Waals surface area contributed by atoms with Crippen molar-refractivity contribution < 1.29 is 27.5 Å². The van der Waals surface area contributed by atoms with Crippen LogP contribution in [0.25, 0.3) is 11.0 Å². The zero-order valence-corrected chi connectivity index (χ0v) is 14.4. The number of benzene rings is 2. The molecule has 3 rings (SSSR count). The number of hydrogen-bond acceptors (Lipinski definition) is 4. The lowest BCUT2D eigenvalue weighted by atomic mass is 10.0. The van der Waals surface area contributed by atoms with Crippen LogP contribution < -0.4 is 4.74 Å². The Labute approximate surface area is 150 Å². The van der Waals surface area contributed by atoms with Gasteiger partial charge in [0.15, 0.2) is 0 Å². The molecule has 7 heteroatoms. The average molecular weight is 358 g/mol. The molecule has 0 saturated heterocycles. The van der Waals surface area contributed by atoms with Gasteiger partial charge in [-0.1, -0.05) is 0 Å². The quantitative estimate of drug-likeness (QED) is 0.482. The number of carbonyl (C=O) groups is 1. The molecule has 1 aromatic heterocycles. The van der Waals surface area contributed by atoms with Crippen LogP contribution in [0.3, 0.4) is 0 Å². The zero-order chi connectivity index (χ0) is 18.7. The molecule has 4 nitrogen and oxygen atoms in total. The van der Waals surface area contributed by atoms with Crippen LogP contribution in [0, 0.1) is 0 Å². The van der Waals surface area contributed by atoms with Crippen molar-refractivity contribution >= 4 is 24.8 Å². The van der Waals surface area contributed by atoms with E-state index in [2.05, 4.69) is 0 Å². The summed E-state index contributed by atoms with van der Waals surface area (Å²) >= 11 is 0. The summed E-state index contributed by atoms with van der Waals surface area (Å²) in [4.78, 5) is 12.1. The molecule has 26 heavy (non-hydrogen) atoms. The Kier molecular flexibility index (Phi) is 5.25. The van der Waals surface area contributed by atoms with E-state index in [0.717, 1.165) is 5.76 Å². The highest BCUT2D eigenvalue weighted by atomic mass is 19.3. The summed E-state index contributed by atoms with van der Waals surface area (Å²) in [5, 5.41) is 0.702. The van der Waals surface area contributed by atoms with Crippen molar-refractivity contribution in [2.45, 2.75) is 19.7 Å². The van der Waals surface area contributed by atoms with E-state index in [4.69, 9.17) is 13.9 Å². The van der Waals surface area contributed by atoms with Crippen molar-refractivity contribution in [3.63, 3.8) is 0 Å². The minimum atomic E-state index is -2.54. The largest absolute Gasteiger partial charge is 0.462 e. The Morgan fingerprint density at radius 3 is 2.54 bits per heavy atom. The third kappa shape index (κ3) is 3.71. The molecule has 0 radical (unpaired) electrons. The maximum Gasteiger partial charge on any atom is 0.338 e. The summed E-state index contributed by atoms with van der Waals surface area (Å²) < 4.78 is 42.0. The maximum absolute atomic E-state index is 12.7. The molecule has 0 N–H and O–H groups in total. The molecule has 3 aromatic rings. The molecule has 0 fully saturated rings. The van der Waals surface area contributed by atoms with E-state index in [1.807, 2.05) is 13.9 Å². The highest BCUT2D eigenvalue weighted by Gasteiger charge is 2.16. The number of furan rings is 1. The second-order valence-corrected chi connectivity index (χ2v) is 5.64. The lowest BCUT2D eigenvalue weighted by molar-refractivity contribution is 0.0526. The summed E-state index contributed by atoms with van der Waals surface area (Å²) in [7, 11) is 1.95. The van der Waals surface area contributed by atoms with E-state index in [1.165, 1.54) is 24.3 Å². The second-order valence-electron chi connectivity index (χ2n) is 5.64. The first-order valence-electron chi connectivity index (χ1n) is 8.31. The van der Waals surface area contributed by atoms with E-state index in [0.29, 0.717) is 34.4 Å². The molecule has 0 atom stereocenters. The fourth-order valence-electron chi connectivity index (χ4n) is 2.56. The summed E-state index contributed by atoms with van der Waals surface area (Å²) in [5.41, 5.74) is 0.724. The van der Waals surface area contributed by atoms with Gasteiger partial charge in [-0.3, -0.25) is 0 Å². The molecule has 134 valence electrons. The normalized spacial score (nSPS) is 11.1. The highest BCUT2D eigenvalue weighted by molar-refractivity contribution is 6.08. The van der Waals surface area contributed by atoms with Gasteiger partial charge in [0.2, 0.25) is 0 Å². The first kappa shape index (κ1) is 18.0. The third-order valence-corrected chi connectivity index (χ3v) is 3.87. The van der Waals surface area contributed by atoms with E-state index in [9.17, 15) is 13.6 Å². The van der Waals surface area contributed by atoms with Gasteiger partial charge in [0.1, 0.15) is 24.9 Å². The van der Waals surface area contributed by atoms with Crippen LogP contribution >= 0.6 is 0 Å². The van der Waals surface area contributed by atoms with Crippen molar-refractivity contribution in [3.05, 3.63) is 59.4 Å². The second kappa shape index (κ2) is 7.60. The van der Waals surface area contributed by atoms with E-state index in [-0.39, 0.29) is 12.2 Å². The number of fused-ring (bicyclic) bond motifs is 1. The molecule has 0 unspecified atom stereocenters. The monoisotopic (exact) mass is 358 g/mol. The Morgan fingerprint density at radius 1 is 1.19 bits per heavy atom. The SMILES string of the molecule is BCc1cc2c(Oc3ccc(C(F)F)cc3)cc(C(=O)OCC)cc2o1. The Bertz CT molecular complexity index is 919. The number of halogens is 2. The predicted molar refractivity (Wildman–Crippen MR) is 95.9 cm³/mol. The molecule has 0 amide bonds. The molecule has 0 aliphatic heterocycles. The van der Waals surface area contributed by atoms with Gasteiger partial charge in [-0.25, -0.2) is 13.6 Å². The molecule has 0 aliphatic rings. The van der Waals surface area contributed by atoms with Crippen molar-refractivity contribution in [2.24, 2.45) is 0 Å².